The number of rotatable bonds is 5. The van der Waals surface area contributed by atoms with Crippen molar-refractivity contribution in [2.75, 3.05) is 11.9 Å². The van der Waals surface area contributed by atoms with Crippen LogP contribution in [-0.4, -0.2) is 30.6 Å². The standard InChI is InChI=1S/C16H20ClNO5/c1-5-22-14(20)12(9-19)11-8-10(6-7-13(11)17)18-15(21)23-16(2,3)4/h6-9,12H,5H2,1-4H3,(H,18,21). The van der Waals surface area contributed by atoms with Crippen molar-refractivity contribution in [3.05, 3.63) is 28.8 Å². The van der Waals surface area contributed by atoms with E-state index in [1.165, 1.54) is 12.1 Å². The Hall–Kier alpha value is -2.08. The summed E-state index contributed by atoms with van der Waals surface area (Å²) < 4.78 is 9.99. The molecule has 1 N–H and O–H groups in total. The van der Waals surface area contributed by atoms with Crippen LogP contribution in [0, 0.1) is 0 Å². The Morgan fingerprint density at radius 2 is 2.00 bits per heavy atom. The number of esters is 1. The van der Waals surface area contributed by atoms with Gasteiger partial charge in [0.25, 0.3) is 0 Å². The van der Waals surface area contributed by atoms with Crippen molar-refractivity contribution >= 4 is 35.6 Å². The van der Waals surface area contributed by atoms with Gasteiger partial charge in [0.2, 0.25) is 0 Å². The Kier molecular flexibility index (Phi) is 6.57. The molecule has 0 saturated carbocycles. The first-order chi connectivity index (χ1) is 10.7. The molecule has 0 aliphatic heterocycles. The van der Waals surface area contributed by atoms with Crippen molar-refractivity contribution in [2.45, 2.75) is 39.2 Å². The first-order valence-corrected chi connectivity index (χ1v) is 7.47. The van der Waals surface area contributed by atoms with Crippen LogP contribution in [0.2, 0.25) is 5.02 Å². The fourth-order valence-corrected chi connectivity index (χ4v) is 2.00. The van der Waals surface area contributed by atoms with E-state index in [-0.39, 0.29) is 17.2 Å². The Labute approximate surface area is 140 Å². The minimum atomic E-state index is -1.15. The van der Waals surface area contributed by atoms with Crippen LogP contribution in [0.4, 0.5) is 10.5 Å². The maximum absolute atomic E-state index is 11.8. The molecule has 1 aromatic rings. The van der Waals surface area contributed by atoms with E-state index in [9.17, 15) is 14.4 Å². The molecule has 1 aromatic carbocycles. The molecule has 1 atom stereocenters. The highest BCUT2D eigenvalue weighted by molar-refractivity contribution is 6.32. The molecule has 23 heavy (non-hydrogen) atoms. The summed E-state index contributed by atoms with van der Waals surface area (Å²) in [6.07, 6.45) is -0.194. The fraction of sp³-hybridized carbons (Fsp3) is 0.438. The van der Waals surface area contributed by atoms with Gasteiger partial charge in [-0.05, 0) is 51.5 Å². The lowest BCUT2D eigenvalue weighted by atomic mass is 10.00. The molecule has 0 aliphatic rings. The number of benzene rings is 1. The van der Waals surface area contributed by atoms with E-state index >= 15 is 0 Å². The molecule has 1 amide bonds. The summed E-state index contributed by atoms with van der Waals surface area (Å²) in [5.74, 6) is -1.85. The number of hydrogen-bond donors (Lipinski definition) is 1. The number of hydrogen-bond acceptors (Lipinski definition) is 5. The first-order valence-electron chi connectivity index (χ1n) is 7.09. The summed E-state index contributed by atoms with van der Waals surface area (Å²) in [5.41, 5.74) is -0.0289. The predicted molar refractivity (Wildman–Crippen MR) is 86.7 cm³/mol. The maximum atomic E-state index is 11.8. The third-order valence-electron chi connectivity index (χ3n) is 2.65. The topological polar surface area (TPSA) is 81.7 Å². The molecule has 0 saturated heterocycles. The quantitative estimate of drug-likeness (QED) is 0.503. The molecule has 0 heterocycles. The van der Waals surface area contributed by atoms with Crippen LogP contribution in [0.1, 0.15) is 39.2 Å². The summed E-state index contributed by atoms with van der Waals surface area (Å²) in [7, 11) is 0. The van der Waals surface area contributed by atoms with Crippen LogP contribution in [0.3, 0.4) is 0 Å². The van der Waals surface area contributed by atoms with E-state index in [1.807, 2.05) is 0 Å². The fourth-order valence-electron chi connectivity index (χ4n) is 1.77. The van der Waals surface area contributed by atoms with E-state index in [2.05, 4.69) is 5.32 Å². The molecule has 0 aromatic heterocycles. The number of carbonyl (C=O) groups is 3. The van der Waals surface area contributed by atoms with Crippen molar-refractivity contribution in [2.24, 2.45) is 0 Å². The summed E-state index contributed by atoms with van der Waals surface area (Å²) in [6, 6.07) is 4.48. The van der Waals surface area contributed by atoms with Crippen LogP contribution in [0.5, 0.6) is 0 Å². The summed E-state index contributed by atoms with van der Waals surface area (Å²) in [6.45, 7) is 7.01. The number of aldehydes is 1. The van der Waals surface area contributed by atoms with E-state index in [0.717, 1.165) is 0 Å². The number of halogens is 1. The highest BCUT2D eigenvalue weighted by Gasteiger charge is 2.24. The number of nitrogens with one attached hydrogen (secondary N) is 1. The number of ether oxygens (including phenoxy) is 2. The zero-order chi connectivity index (χ0) is 17.6. The first kappa shape index (κ1) is 19.0. The van der Waals surface area contributed by atoms with Crippen molar-refractivity contribution in [3.63, 3.8) is 0 Å². The van der Waals surface area contributed by atoms with Gasteiger partial charge < -0.3 is 14.3 Å². The van der Waals surface area contributed by atoms with Gasteiger partial charge in [0, 0.05) is 10.7 Å². The summed E-state index contributed by atoms with van der Waals surface area (Å²) in [4.78, 5) is 34.8. The van der Waals surface area contributed by atoms with Gasteiger partial charge in [-0.25, -0.2) is 4.79 Å². The molecular formula is C16H20ClNO5. The molecule has 1 unspecified atom stereocenters. The van der Waals surface area contributed by atoms with E-state index in [4.69, 9.17) is 21.1 Å². The van der Waals surface area contributed by atoms with Gasteiger partial charge >= 0.3 is 12.1 Å². The predicted octanol–water partition coefficient (Wildman–Crippen LogP) is 3.53. The summed E-state index contributed by atoms with van der Waals surface area (Å²) >= 11 is 6.05. The second-order valence-corrected chi connectivity index (χ2v) is 6.14. The van der Waals surface area contributed by atoms with Gasteiger partial charge in [-0.15, -0.1) is 0 Å². The number of anilines is 1. The second-order valence-electron chi connectivity index (χ2n) is 5.73. The molecule has 0 radical (unpaired) electrons. The zero-order valence-corrected chi connectivity index (χ0v) is 14.3. The van der Waals surface area contributed by atoms with E-state index in [1.54, 1.807) is 33.8 Å². The van der Waals surface area contributed by atoms with E-state index < -0.39 is 23.6 Å². The smallest absolute Gasteiger partial charge is 0.412 e. The van der Waals surface area contributed by atoms with Crippen LogP contribution in [0.25, 0.3) is 0 Å². The van der Waals surface area contributed by atoms with Crippen molar-refractivity contribution in [1.82, 2.24) is 0 Å². The molecular weight excluding hydrogens is 322 g/mol. The Morgan fingerprint density at radius 1 is 1.35 bits per heavy atom. The van der Waals surface area contributed by atoms with Crippen molar-refractivity contribution in [1.29, 1.82) is 0 Å². The molecule has 0 spiro atoms. The number of amides is 1. The lowest BCUT2D eigenvalue weighted by molar-refractivity contribution is -0.146. The average molecular weight is 342 g/mol. The van der Waals surface area contributed by atoms with Gasteiger partial charge in [0.05, 0.1) is 6.61 Å². The van der Waals surface area contributed by atoms with Gasteiger partial charge in [0.15, 0.2) is 0 Å². The molecule has 1 rings (SSSR count). The molecule has 0 aliphatic carbocycles. The SMILES string of the molecule is CCOC(=O)C(C=O)c1cc(NC(=O)OC(C)(C)C)ccc1Cl. The van der Waals surface area contributed by atoms with Crippen molar-refractivity contribution < 1.29 is 23.9 Å². The van der Waals surface area contributed by atoms with Crippen LogP contribution in [-0.2, 0) is 19.1 Å². The normalized spacial score (nSPS) is 12.2. The monoisotopic (exact) mass is 341 g/mol. The lowest BCUT2D eigenvalue weighted by Crippen LogP contribution is -2.27. The zero-order valence-electron chi connectivity index (χ0n) is 13.5. The minimum Gasteiger partial charge on any atom is -0.465 e. The maximum Gasteiger partial charge on any atom is 0.412 e. The van der Waals surface area contributed by atoms with Gasteiger partial charge in [0.1, 0.15) is 17.8 Å². The second kappa shape index (κ2) is 7.97. The third kappa shape index (κ3) is 5.90. The van der Waals surface area contributed by atoms with Crippen molar-refractivity contribution in [3.8, 4) is 0 Å². The van der Waals surface area contributed by atoms with E-state index in [0.29, 0.717) is 12.0 Å². The van der Waals surface area contributed by atoms with Gasteiger partial charge in [-0.3, -0.25) is 10.1 Å². The number of carbonyl (C=O) groups excluding carboxylic acids is 3. The molecule has 126 valence electrons. The van der Waals surface area contributed by atoms with Crippen LogP contribution in [0.15, 0.2) is 18.2 Å². The summed E-state index contributed by atoms with van der Waals surface area (Å²) in [5, 5.41) is 2.75. The Balaban J connectivity index is 3.00. The van der Waals surface area contributed by atoms with Crippen LogP contribution < -0.4 is 5.32 Å². The Bertz CT molecular complexity index is 595. The highest BCUT2D eigenvalue weighted by atomic mass is 35.5. The lowest BCUT2D eigenvalue weighted by Gasteiger charge is -2.20. The average Bonchev–Trinajstić information content (AvgIpc) is 2.41. The Morgan fingerprint density at radius 3 is 2.52 bits per heavy atom. The largest absolute Gasteiger partial charge is 0.465 e. The van der Waals surface area contributed by atoms with Gasteiger partial charge in [-0.2, -0.15) is 0 Å². The molecule has 6 nitrogen and oxygen atoms in total. The van der Waals surface area contributed by atoms with Crippen LogP contribution >= 0.6 is 11.6 Å². The third-order valence-corrected chi connectivity index (χ3v) is 3.00. The molecule has 0 fully saturated rings. The highest BCUT2D eigenvalue weighted by Crippen LogP contribution is 2.28. The van der Waals surface area contributed by atoms with Gasteiger partial charge in [-0.1, -0.05) is 11.6 Å². The molecule has 0 bridgehead atoms. The molecule has 7 heteroatoms. The minimum absolute atomic E-state index is 0.149.